The summed E-state index contributed by atoms with van der Waals surface area (Å²) in [6.07, 6.45) is 3.85. The van der Waals surface area contributed by atoms with Crippen LogP contribution in [0, 0.1) is 0 Å². The van der Waals surface area contributed by atoms with Gasteiger partial charge in [-0.15, -0.1) is 0 Å². The SMILES string of the molecule is CC=C(C)c1ccccc1N=C1C(=O)N2CCCCN2C1=O. The average Bonchev–Trinajstić information content (AvgIpc) is 2.80. The molecule has 2 amide bonds. The van der Waals surface area contributed by atoms with Crippen molar-refractivity contribution in [2.24, 2.45) is 4.99 Å². The minimum absolute atomic E-state index is 0.0262. The Hall–Kier alpha value is -2.43. The van der Waals surface area contributed by atoms with Gasteiger partial charge in [-0.2, -0.15) is 0 Å². The second kappa shape index (κ2) is 5.75. The maximum Gasteiger partial charge on any atom is 0.296 e. The number of carbonyl (C=O) groups excluding carboxylic acids is 2. The molecule has 3 rings (SSSR count). The molecule has 2 saturated heterocycles. The number of benzene rings is 1. The highest BCUT2D eigenvalue weighted by Gasteiger charge is 2.43. The fraction of sp³-hybridized carbons (Fsp3) is 0.353. The molecule has 1 aromatic carbocycles. The molecule has 0 atom stereocenters. The van der Waals surface area contributed by atoms with Gasteiger partial charge in [-0.3, -0.25) is 9.59 Å². The van der Waals surface area contributed by atoms with Gasteiger partial charge in [-0.05, 0) is 38.3 Å². The highest BCUT2D eigenvalue weighted by molar-refractivity contribution is 6.67. The van der Waals surface area contributed by atoms with Crippen LogP contribution in [-0.2, 0) is 9.59 Å². The lowest BCUT2D eigenvalue weighted by atomic mass is 10.1. The molecule has 0 N–H and O–H groups in total. The third kappa shape index (κ3) is 2.32. The van der Waals surface area contributed by atoms with Gasteiger partial charge >= 0.3 is 0 Å². The molecule has 0 spiro atoms. The van der Waals surface area contributed by atoms with E-state index in [1.54, 1.807) is 0 Å². The summed E-state index contributed by atoms with van der Waals surface area (Å²) in [4.78, 5) is 29.3. The van der Waals surface area contributed by atoms with Crippen LogP contribution in [0.3, 0.4) is 0 Å². The van der Waals surface area contributed by atoms with Crippen molar-refractivity contribution in [3.63, 3.8) is 0 Å². The number of fused-ring (bicyclic) bond motifs is 1. The Morgan fingerprint density at radius 3 is 2.27 bits per heavy atom. The first-order valence-corrected chi connectivity index (χ1v) is 7.58. The zero-order valence-electron chi connectivity index (χ0n) is 12.9. The first-order chi connectivity index (χ1) is 10.6. The zero-order chi connectivity index (χ0) is 15.7. The molecule has 5 heteroatoms. The number of aliphatic imine (C=N–C) groups is 1. The van der Waals surface area contributed by atoms with Crippen LogP contribution in [0.5, 0.6) is 0 Å². The number of amides is 2. The van der Waals surface area contributed by atoms with Crippen molar-refractivity contribution >= 4 is 28.8 Å². The Morgan fingerprint density at radius 2 is 1.68 bits per heavy atom. The van der Waals surface area contributed by atoms with Crippen LogP contribution in [0.2, 0.25) is 0 Å². The Morgan fingerprint density at radius 1 is 1.09 bits per heavy atom. The molecule has 0 radical (unpaired) electrons. The van der Waals surface area contributed by atoms with Crippen molar-refractivity contribution in [1.82, 2.24) is 10.0 Å². The van der Waals surface area contributed by atoms with E-state index in [4.69, 9.17) is 0 Å². The summed E-state index contributed by atoms with van der Waals surface area (Å²) in [6.45, 7) is 5.14. The van der Waals surface area contributed by atoms with E-state index < -0.39 is 0 Å². The predicted molar refractivity (Wildman–Crippen MR) is 85.5 cm³/mol. The second-order valence-corrected chi connectivity index (χ2v) is 5.51. The monoisotopic (exact) mass is 297 g/mol. The van der Waals surface area contributed by atoms with E-state index in [1.807, 2.05) is 44.2 Å². The van der Waals surface area contributed by atoms with E-state index in [0.29, 0.717) is 18.8 Å². The molecule has 2 aliphatic rings. The van der Waals surface area contributed by atoms with Crippen LogP contribution in [0.15, 0.2) is 35.3 Å². The molecule has 2 aliphatic heterocycles. The topological polar surface area (TPSA) is 53.0 Å². The Kier molecular flexibility index (Phi) is 3.79. The molecule has 1 aromatic rings. The summed E-state index contributed by atoms with van der Waals surface area (Å²) >= 11 is 0. The zero-order valence-corrected chi connectivity index (χ0v) is 12.9. The van der Waals surface area contributed by atoms with Gasteiger partial charge in [-0.1, -0.05) is 24.3 Å². The molecule has 0 saturated carbocycles. The number of hydrogen-bond donors (Lipinski definition) is 0. The number of nitrogens with zero attached hydrogens (tertiary/aromatic N) is 3. The highest BCUT2D eigenvalue weighted by atomic mass is 16.2. The summed E-state index contributed by atoms with van der Waals surface area (Å²) < 4.78 is 0. The summed E-state index contributed by atoms with van der Waals surface area (Å²) in [7, 11) is 0. The van der Waals surface area contributed by atoms with Crippen LogP contribution >= 0.6 is 0 Å². The quantitative estimate of drug-likeness (QED) is 0.842. The minimum Gasteiger partial charge on any atom is -0.265 e. The van der Waals surface area contributed by atoms with Crippen LogP contribution in [0.4, 0.5) is 5.69 Å². The minimum atomic E-state index is -0.280. The van der Waals surface area contributed by atoms with Crippen LogP contribution in [0.1, 0.15) is 32.3 Å². The third-order valence-electron chi connectivity index (χ3n) is 4.15. The standard InChI is InChI=1S/C17H19N3O2/c1-3-12(2)13-8-4-5-9-14(13)18-15-16(21)19-10-6-7-11-20(19)17(15)22/h3-5,8-9H,6-7,10-11H2,1-2H3. The first kappa shape index (κ1) is 14.5. The van der Waals surface area contributed by atoms with E-state index >= 15 is 0 Å². The molecule has 0 unspecified atom stereocenters. The van der Waals surface area contributed by atoms with Gasteiger partial charge in [-0.25, -0.2) is 15.0 Å². The molecule has 5 nitrogen and oxygen atoms in total. The summed E-state index contributed by atoms with van der Waals surface area (Å²) in [5, 5.41) is 3.05. The van der Waals surface area contributed by atoms with Crippen molar-refractivity contribution in [3.05, 3.63) is 35.9 Å². The van der Waals surface area contributed by atoms with Gasteiger partial charge in [0, 0.05) is 18.7 Å². The molecular weight excluding hydrogens is 278 g/mol. The molecule has 2 fully saturated rings. The fourth-order valence-corrected chi connectivity index (χ4v) is 2.80. The average molecular weight is 297 g/mol. The number of rotatable bonds is 2. The Labute approximate surface area is 129 Å². The summed E-state index contributed by atoms with van der Waals surface area (Å²) in [5.74, 6) is -0.560. The molecule has 0 aromatic heterocycles. The van der Waals surface area contributed by atoms with Crippen LogP contribution in [0.25, 0.3) is 5.57 Å². The number of allylic oxidation sites excluding steroid dienone is 2. The smallest absolute Gasteiger partial charge is 0.265 e. The fourth-order valence-electron chi connectivity index (χ4n) is 2.80. The van der Waals surface area contributed by atoms with Gasteiger partial charge in [0.05, 0.1) is 5.69 Å². The van der Waals surface area contributed by atoms with Crippen molar-refractivity contribution in [1.29, 1.82) is 0 Å². The normalized spacial score (nSPS) is 18.8. The van der Waals surface area contributed by atoms with Crippen molar-refractivity contribution < 1.29 is 9.59 Å². The second-order valence-electron chi connectivity index (χ2n) is 5.51. The molecular formula is C17H19N3O2. The van der Waals surface area contributed by atoms with Crippen molar-refractivity contribution in [3.8, 4) is 0 Å². The van der Waals surface area contributed by atoms with E-state index in [-0.39, 0.29) is 17.5 Å². The number of carbonyl (C=O) groups is 2. The van der Waals surface area contributed by atoms with E-state index in [1.165, 1.54) is 10.0 Å². The third-order valence-corrected chi connectivity index (χ3v) is 4.15. The predicted octanol–water partition coefficient (Wildman–Crippen LogP) is 2.56. The lowest BCUT2D eigenvalue weighted by molar-refractivity contribution is -0.150. The maximum atomic E-state index is 12.4. The van der Waals surface area contributed by atoms with Gasteiger partial charge < -0.3 is 0 Å². The molecule has 2 heterocycles. The van der Waals surface area contributed by atoms with Crippen LogP contribution in [-0.4, -0.2) is 40.6 Å². The number of hydrogen-bond acceptors (Lipinski definition) is 3. The van der Waals surface area contributed by atoms with Gasteiger partial charge in [0.15, 0.2) is 5.71 Å². The van der Waals surface area contributed by atoms with Crippen molar-refractivity contribution in [2.45, 2.75) is 26.7 Å². The lowest BCUT2D eigenvalue weighted by Crippen LogP contribution is -2.45. The molecule has 114 valence electrons. The van der Waals surface area contributed by atoms with E-state index in [2.05, 4.69) is 4.99 Å². The summed E-state index contributed by atoms with van der Waals surface area (Å²) in [6, 6.07) is 7.58. The van der Waals surface area contributed by atoms with E-state index in [9.17, 15) is 9.59 Å². The molecule has 0 bridgehead atoms. The Balaban J connectivity index is 2.03. The Bertz CT molecular complexity index is 665. The maximum absolute atomic E-state index is 12.4. The van der Waals surface area contributed by atoms with Crippen molar-refractivity contribution in [2.75, 3.05) is 13.1 Å². The van der Waals surface area contributed by atoms with Crippen LogP contribution < -0.4 is 0 Å². The van der Waals surface area contributed by atoms with E-state index in [0.717, 1.165) is 24.0 Å². The van der Waals surface area contributed by atoms with Gasteiger partial charge in [0.25, 0.3) is 11.8 Å². The number of hydrazine groups is 1. The molecule has 22 heavy (non-hydrogen) atoms. The first-order valence-electron chi connectivity index (χ1n) is 7.58. The highest BCUT2D eigenvalue weighted by Crippen LogP contribution is 2.28. The van der Waals surface area contributed by atoms with Gasteiger partial charge in [0.1, 0.15) is 0 Å². The number of para-hydroxylation sites is 1. The van der Waals surface area contributed by atoms with Gasteiger partial charge in [0.2, 0.25) is 0 Å². The lowest BCUT2D eigenvalue weighted by Gasteiger charge is -2.31. The molecule has 0 aliphatic carbocycles. The summed E-state index contributed by atoms with van der Waals surface area (Å²) in [5.41, 5.74) is 2.70. The largest absolute Gasteiger partial charge is 0.296 e.